The normalized spacial score (nSPS) is 18.5. The highest BCUT2D eigenvalue weighted by Crippen LogP contribution is 2.36. The number of nitrogens with one attached hydrogen (secondary N) is 1. The number of benzene rings is 2. The Bertz CT molecular complexity index is 1150. The van der Waals surface area contributed by atoms with Gasteiger partial charge in [0.15, 0.2) is 0 Å². The van der Waals surface area contributed by atoms with Gasteiger partial charge in [0.05, 0.1) is 10.9 Å². The number of carbonyl (C=O) groups excluding carboxylic acids is 2. The van der Waals surface area contributed by atoms with Crippen molar-refractivity contribution in [1.82, 2.24) is 15.1 Å². The molecule has 0 spiro atoms. The van der Waals surface area contributed by atoms with Crippen LogP contribution in [-0.2, 0) is 13.0 Å². The highest BCUT2D eigenvalue weighted by molar-refractivity contribution is 7.21. The second kappa shape index (κ2) is 8.09. The summed E-state index contributed by atoms with van der Waals surface area (Å²) in [5.74, 6) is 0.0922. The van der Waals surface area contributed by atoms with E-state index in [-0.39, 0.29) is 17.9 Å². The molecule has 1 unspecified atom stereocenters. The molecule has 31 heavy (non-hydrogen) atoms. The average molecular weight is 434 g/mol. The number of hydrogen-bond acceptors (Lipinski definition) is 4. The SMILES string of the molecule is CN(C)Cc1ccc(C2CCCN2C(=O)c2ccc3sc4c(c3c2)CCNC4=O)cc1. The molecule has 2 aromatic carbocycles. The van der Waals surface area contributed by atoms with Crippen LogP contribution in [0.3, 0.4) is 0 Å². The van der Waals surface area contributed by atoms with Gasteiger partial charge in [-0.1, -0.05) is 24.3 Å². The smallest absolute Gasteiger partial charge is 0.261 e. The number of nitrogens with zero attached hydrogens (tertiary/aromatic N) is 2. The van der Waals surface area contributed by atoms with Crippen LogP contribution in [0, 0.1) is 0 Å². The number of fused-ring (bicyclic) bond motifs is 3. The molecule has 0 aliphatic carbocycles. The van der Waals surface area contributed by atoms with Gasteiger partial charge in [-0.05, 0) is 73.6 Å². The molecule has 5 nitrogen and oxygen atoms in total. The summed E-state index contributed by atoms with van der Waals surface area (Å²) in [7, 11) is 4.14. The minimum Gasteiger partial charge on any atom is -0.351 e. The largest absolute Gasteiger partial charge is 0.351 e. The standard InChI is InChI=1S/C25H27N3O2S/c1-27(2)15-16-5-7-17(8-6-16)21-4-3-13-28(21)25(30)18-9-10-22-20(14-18)19-11-12-26-24(29)23(19)31-22/h5-10,14,21H,3-4,11-13,15H2,1-2H3,(H,26,29). The summed E-state index contributed by atoms with van der Waals surface area (Å²) in [6.07, 6.45) is 2.84. The fraction of sp³-hybridized carbons (Fsp3) is 0.360. The van der Waals surface area contributed by atoms with Gasteiger partial charge in [-0.3, -0.25) is 9.59 Å². The van der Waals surface area contributed by atoms with Crippen LogP contribution < -0.4 is 5.32 Å². The van der Waals surface area contributed by atoms with Crippen LogP contribution in [0.1, 0.15) is 55.6 Å². The van der Waals surface area contributed by atoms with Crippen molar-refractivity contribution in [1.29, 1.82) is 0 Å². The van der Waals surface area contributed by atoms with Crippen molar-refractivity contribution < 1.29 is 9.59 Å². The van der Waals surface area contributed by atoms with Gasteiger partial charge in [0.2, 0.25) is 0 Å². The van der Waals surface area contributed by atoms with Gasteiger partial charge < -0.3 is 15.1 Å². The van der Waals surface area contributed by atoms with Gasteiger partial charge in [-0.25, -0.2) is 0 Å². The third-order valence-electron chi connectivity index (χ3n) is 6.28. The molecule has 2 aliphatic heterocycles. The lowest BCUT2D eigenvalue weighted by Gasteiger charge is -2.25. The lowest BCUT2D eigenvalue weighted by Crippen LogP contribution is -2.31. The molecule has 160 valence electrons. The second-order valence-electron chi connectivity index (χ2n) is 8.76. The summed E-state index contributed by atoms with van der Waals surface area (Å²) in [4.78, 5) is 30.6. The molecule has 1 aromatic heterocycles. The van der Waals surface area contributed by atoms with Crippen molar-refractivity contribution >= 4 is 33.2 Å². The molecule has 0 radical (unpaired) electrons. The van der Waals surface area contributed by atoms with Crippen LogP contribution >= 0.6 is 11.3 Å². The highest BCUT2D eigenvalue weighted by atomic mass is 32.1. The number of thiophene rings is 1. The lowest BCUT2D eigenvalue weighted by atomic mass is 10.0. The van der Waals surface area contributed by atoms with Crippen LogP contribution in [0.5, 0.6) is 0 Å². The number of rotatable bonds is 4. The highest BCUT2D eigenvalue weighted by Gasteiger charge is 2.31. The first-order chi connectivity index (χ1) is 15.0. The van der Waals surface area contributed by atoms with Crippen LogP contribution in [-0.4, -0.2) is 48.8 Å². The summed E-state index contributed by atoms with van der Waals surface area (Å²) in [6, 6.07) is 14.7. The molecule has 1 atom stereocenters. The van der Waals surface area contributed by atoms with Crippen molar-refractivity contribution in [3.63, 3.8) is 0 Å². The molecule has 1 saturated heterocycles. The summed E-state index contributed by atoms with van der Waals surface area (Å²) in [5, 5.41) is 3.97. The van der Waals surface area contributed by atoms with Crippen LogP contribution in [0.4, 0.5) is 0 Å². The van der Waals surface area contributed by atoms with E-state index in [0.29, 0.717) is 6.54 Å². The summed E-state index contributed by atoms with van der Waals surface area (Å²) < 4.78 is 1.08. The van der Waals surface area contributed by atoms with Gasteiger partial charge in [0.25, 0.3) is 11.8 Å². The number of likely N-dealkylation sites (tertiary alicyclic amines) is 1. The zero-order valence-corrected chi connectivity index (χ0v) is 18.8. The minimum atomic E-state index is 0.00708. The Morgan fingerprint density at radius 1 is 1.19 bits per heavy atom. The number of amides is 2. The summed E-state index contributed by atoms with van der Waals surface area (Å²) >= 11 is 1.52. The first-order valence-corrected chi connectivity index (χ1v) is 11.7. The molecule has 1 fully saturated rings. The van der Waals surface area contributed by atoms with Crippen molar-refractivity contribution in [3.05, 3.63) is 69.6 Å². The zero-order valence-electron chi connectivity index (χ0n) is 18.0. The maximum absolute atomic E-state index is 13.5. The van der Waals surface area contributed by atoms with Gasteiger partial charge >= 0.3 is 0 Å². The predicted octanol–water partition coefficient (Wildman–Crippen LogP) is 4.23. The van der Waals surface area contributed by atoms with Gasteiger partial charge in [-0.2, -0.15) is 0 Å². The van der Waals surface area contributed by atoms with Gasteiger partial charge in [0, 0.05) is 29.9 Å². The van der Waals surface area contributed by atoms with E-state index in [2.05, 4.69) is 48.6 Å². The molecule has 0 saturated carbocycles. The third kappa shape index (κ3) is 3.75. The fourth-order valence-corrected chi connectivity index (χ4v) is 5.98. The molecule has 2 amide bonds. The summed E-state index contributed by atoms with van der Waals surface area (Å²) in [5.41, 5.74) is 4.29. The van der Waals surface area contributed by atoms with Crippen LogP contribution in [0.15, 0.2) is 42.5 Å². The fourth-order valence-electron chi connectivity index (χ4n) is 4.83. The number of carbonyl (C=O) groups is 2. The van der Waals surface area contributed by atoms with Crippen molar-refractivity contribution in [2.45, 2.75) is 31.8 Å². The maximum atomic E-state index is 13.5. The Balaban J connectivity index is 1.42. The summed E-state index contributed by atoms with van der Waals surface area (Å²) in [6.45, 7) is 2.36. The van der Waals surface area contributed by atoms with Crippen LogP contribution in [0.25, 0.3) is 10.1 Å². The van der Waals surface area contributed by atoms with E-state index in [9.17, 15) is 9.59 Å². The first kappa shape index (κ1) is 20.2. The average Bonchev–Trinajstić information content (AvgIpc) is 3.39. The van der Waals surface area contributed by atoms with Crippen molar-refractivity contribution in [2.75, 3.05) is 27.2 Å². The van der Waals surface area contributed by atoms with E-state index in [1.54, 1.807) is 0 Å². The van der Waals surface area contributed by atoms with E-state index < -0.39 is 0 Å². The molecule has 5 rings (SSSR count). The topological polar surface area (TPSA) is 52.6 Å². The monoisotopic (exact) mass is 433 g/mol. The van der Waals surface area contributed by atoms with Crippen molar-refractivity contribution in [3.8, 4) is 0 Å². The Hall–Kier alpha value is -2.70. The van der Waals surface area contributed by atoms with E-state index in [1.165, 1.54) is 22.5 Å². The first-order valence-electron chi connectivity index (χ1n) is 10.9. The molecular weight excluding hydrogens is 406 g/mol. The van der Waals surface area contributed by atoms with Crippen LogP contribution in [0.2, 0.25) is 0 Å². The Morgan fingerprint density at radius 3 is 2.77 bits per heavy atom. The molecule has 3 heterocycles. The predicted molar refractivity (Wildman–Crippen MR) is 125 cm³/mol. The molecule has 2 aliphatic rings. The maximum Gasteiger partial charge on any atom is 0.261 e. The van der Waals surface area contributed by atoms with E-state index in [0.717, 1.165) is 58.4 Å². The minimum absolute atomic E-state index is 0.00708. The van der Waals surface area contributed by atoms with E-state index in [1.807, 2.05) is 23.1 Å². The van der Waals surface area contributed by atoms with E-state index in [4.69, 9.17) is 0 Å². The molecular formula is C25H27N3O2S. The number of hydrogen-bond donors (Lipinski definition) is 1. The van der Waals surface area contributed by atoms with Gasteiger partial charge in [-0.15, -0.1) is 11.3 Å². The van der Waals surface area contributed by atoms with E-state index >= 15 is 0 Å². The molecule has 1 N–H and O–H groups in total. The van der Waals surface area contributed by atoms with Crippen molar-refractivity contribution in [2.24, 2.45) is 0 Å². The molecule has 6 heteroatoms. The molecule has 0 bridgehead atoms. The Labute approximate surface area is 186 Å². The Kier molecular flexibility index (Phi) is 5.28. The van der Waals surface area contributed by atoms with Gasteiger partial charge in [0.1, 0.15) is 0 Å². The Morgan fingerprint density at radius 2 is 2.00 bits per heavy atom. The lowest BCUT2D eigenvalue weighted by molar-refractivity contribution is 0.0735. The quantitative estimate of drug-likeness (QED) is 0.670. The third-order valence-corrected chi connectivity index (χ3v) is 7.49. The zero-order chi connectivity index (χ0) is 21.5. The molecule has 3 aromatic rings. The second-order valence-corrected chi connectivity index (χ2v) is 9.81.